The lowest BCUT2D eigenvalue weighted by Crippen LogP contribution is -2.37. The topological polar surface area (TPSA) is 94.6 Å². The van der Waals surface area contributed by atoms with Crippen molar-refractivity contribution >= 4 is 29.2 Å². The summed E-state index contributed by atoms with van der Waals surface area (Å²) in [5.41, 5.74) is 2.17. The van der Waals surface area contributed by atoms with Gasteiger partial charge in [-0.3, -0.25) is 14.4 Å². The van der Waals surface area contributed by atoms with E-state index in [2.05, 4.69) is 0 Å². The van der Waals surface area contributed by atoms with Crippen LogP contribution in [0, 0.1) is 5.92 Å². The van der Waals surface area contributed by atoms with Crippen LogP contribution in [0.15, 0.2) is 103 Å². The highest BCUT2D eigenvalue weighted by Crippen LogP contribution is 2.48. The molecule has 2 heterocycles. The van der Waals surface area contributed by atoms with E-state index in [1.54, 1.807) is 71.8 Å². The zero-order chi connectivity index (χ0) is 29.2. The Morgan fingerprint density at radius 2 is 1.50 bits per heavy atom. The number of nitrogens with zero attached hydrogens (tertiary/aromatic N) is 2. The minimum atomic E-state index is -1.03. The molecule has 2 aliphatic heterocycles. The summed E-state index contributed by atoms with van der Waals surface area (Å²) in [6.07, 6.45) is -1.03. The third kappa shape index (κ3) is 4.84. The number of fused-ring (bicyclic) bond motifs is 1. The second kappa shape index (κ2) is 11.4. The van der Waals surface area contributed by atoms with Gasteiger partial charge < -0.3 is 14.2 Å². The van der Waals surface area contributed by atoms with Gasteiger partial charge in [0.1, 0.15) is 11.7 Å². The fraction of sp³-hybridized carbons (Fsp3) is 0.182. The Balaban J connectivity index is 1.35. The van der Waals surface area contributed by atoms with Crippen molar-refractivity contribution < 1.29 is 33.4 Å². The highest BCUT2D eigenvalue weighted by Gasteiger charge is 2.60. The molecule has 0 bridgehead atoms. The monoisotopic (exact) mass is 564 g/mol. The number of hydrogen-bond acceptors (Lipinski definition) is 8. The number of amides is 2. The van der Waals surface area contributed by atoms with Crippen LogP contribution in [-0.4, -0.2) is 37.6 Å². The van der Waals surface area contributed by atoms with Gasteiger partial charge in [-0.25, -0.2) is 14.8 Å². The first-order valence-electron chi connectivity index (χ1n) is 13.6. The van der Waals surface area contributed by atoms with Gasteiger partial charge in [0, 0.05) is 0 Å². The summed E-state index contributed by atoms with van der Waals surface area (Å²) < 4.78 is 16.7. The van der Waals surface area contributed by atoms with Gasteiger partial charge in [-0.1, -0.05) is 42.5 Å². The maximum Gasteiger partial charge on any atom is 0.343 e. The van der Waals surface area contributed by atoms with E-state index in [1.165, 1.54) is 12.0 Å². The Kier molecular flexibility index (Phi) is 7.33. The predicted octanol–water partition coefficient (Wildman–Crippen LogP) is 5.36. The second-order valence-corrected chi connectivity index (χ2v) is 9.76. The van der Waals surface area contributed by atoms with E-state index >= 15 is 0 Å². The molecule has 4 aromatic carbocycles. The molecule has 2 aliphatic rings. The van der Waals surface area contributed by atoms with Crippen molar-refractivity contribution in [3.63, 3.8) is 0 Å². The van der Waals surface area contributed by atoms with E-state index in [4.69, 9.17) is 19.0 Å². The number of carbonyl (C=O) groups excluding carboxylic acids is 3. The first-order chi connectivity index (χ1) is 20.5. The fourth-order valence-corrected chi connectivity index (χ4v) is 5.35. The Morgan fingerprint density at radius 1 is 0.810 bits per heavy atom. The highest BCUT2D eigenvalue weighted by molar-refractivity contribution is 6.24. The summed E-state index contributed by atoms with van der Waals surface area (Å²) in [6, 6.07) is 29.1. The van der Waals surface area contributed by atoms with Crippen LogP contribution >= 0.6 is 0 Å². The van der Waals surface area contributed by atoms with Crippen LogP contribution in [0.2, 0.25) is 0 Å². The largest absolute Gasteiger partial charge is 0.494 e. The van der Waals surface area contributed by atoms with Crippen LogP contribution in [0.25, 0.3) is 0 Å². The Labute approximate surface area is 242 Å². The number of anilines is 2. The third-order valence-electron chi connectivity index (χ3n) is 7.27. The van der Waals surface area contributed by atoms with Crippen LogP contribution in [0.1, 0.15) is 28.9 Å². The number of esters is 1. The van der Waals surface area contributed by atoms with Crippen molar-refractivity contribution in [2.24, 2.45) is 5.92 Å². The summed E-state index contributed by atoms with van der Waals surface area (Å²) in [7, 11) is 1.47. The molecular weight excluding hydrogens is 536 g/mol. The molecular formula is C33H28N2O7. The van der Waals surface area contributed by atoms with E-state index in [-0.39, 0.29) is 11.7 Å². The van der Waals surface area contributed by atoms with Crippen molar-refractivity contribution in [3.05, 3.63) is 114 Å². The van der Waals surface area contributed by atoms with E-state index in [0.717, 1.165) is 0 Å². The molecule has 0 unspecified atom stereocenters. The van der Waals surface area contributed by atoms with Crippen LogP contribution in [-0.2, 0) is 14.4 Å². The van der Waals surface area contributed by atoms with E-state index < -0.39 is 29.9 Å². The molecule has 2 saturated heterocycles. The molecule has 0 aliphatic carbocycles. The number of carbonyl (C=O) groups is 3. The number of benzene rings is 4. The van der Waals surface area contributed by atoms with Gasteiger partial charge in [-0.15, -0.1) is 0 Å². The maximum atomic E-state index is 14.0. The summed E-state index contributed by atoms with van der Waals surface area (Å²) in [4.78, 5) is 47.7. The normalized spacial score (nSPS) is 19.5. The summed E-state index contributed by atoms with van der Waals surface area (Å²) in [5, 5.41) is 1.60. The number of ether oxygens (including phenoxy) is 3. The standard InChI is InChI=1S/C33H28N2O7/c1-3-40-25-17-15-23(16-18-25)34-31(36)28-29(35(42-30(28)32(34)37)24-12-8-5-9-13-24)22-14-19-26(27(20-22)39-2)41-33(38)21-10-6-4-7-11-21/h4-20,28-30H,3H2,1-2H3/t28-,29+,30+/m1/s1. The average molecular weight is 565 g/mol. The van der Waals surface area contributed by atoms with Crippen LogP contribution < -0.4 is 24.2 Å². The molecule has 6 rings (SSSR count). The zero-order valence-corrected chi connectivity index (χ0v) is 23.0. The second-order valence-electron chi connectivity index (χ2n) is 9.76. The predicted molar refractivity (Wildman–Crippen MR) is 155 cm³/mol. The number of imide groups is 1. The lowest BCUT2D eigenvalue weighted by molar-refractivity contribution is -0.126. The molecule has 0 spiro atoms. The Hall–Kier alpha value is -5.15. The van der Waals surface area contributed by atoms with Crippen LogP contribution in [0.4, 0.5) is 11.4 Å². The fourth-order valence-electron chi connectivity index (χ4n) is 5.35. The average Bonchev–Trinajstić information content (AvgIpc) is 3.54. The molecule has 212 valence electrons. The molecule has 9 heteroatoms. The summed E-state index contributed by atoms with van der Waals surface area (Å²) >= 11 is 0. The van der Waals surface area contributed by atoms with Crippen molar-refractivity contribution in [2.45, 2.75) is 19.1 Å². The lowest BCUT2D eigenvalue weighted by Gasteiger charge is -2.29. The molecule has 0 saturated carbocycles. The number of hydroxylamine groups is 1. The van der Waals surface area contributed by atoms with Gasteiger partial charge in [-0.2, -0.15) is 0 Å². The molecule has 9 nitrogen and oxygen atoms in total. The number of rotatable bonds is 8. The maximum absolute atomic E-state index is 14.0. The van der Waals surface area contributed by atoms with Crippen molar-refractivity contribution in [2.75, 3.05) is 23.7 Å². The van der Waals surface area contributed by atoms with Gasteiger partial charge in [0.2, 0.25) is 5.91 Å². The van der Waals surface area contributed by atoms with E-state index in [1.807, 2.05) is 43.3 Å². The molecule has 4 aromatic rings. The van der Waals surface area contributed by atoms with Crippen LogP contribution in [0.5, 0.6) is 17.2 Å². The molecule has 3 atom stereocenters. The minimum absolute atomic E-state index is 0.224. The quantitative estimate of drug-likeness (QED) is 0.160. The van der Waals surface area contributed by atoms with Gasteiger partial charge in [-0.05, 0) is 73.2 Å². The van der Waals surface area contributed by atoms with Crippen molar-refractivity contribution in [3.8, 4) is 17.2 Å². The first kappa shape index (κ1) is 27.0. The van der Waals surface area contributed by atoms with Gasteiger partial charge in [0.25, 0.3) is 5.91 Å². The van der Waals surface area contributed by atoms with Gasteiger partial charge in [0.05, 0.1) is 36.7 Å². The molecule has 0 N–H and O–H groups in total. The zero-order valence-electron chi connectivity index (χ0n) is 23.0. The smallest absolute Gasteiger partial charge is 0.343 e. The molecule has 0 radical (unpaired) electrons. The van der Waals surface area contributed by atoms with E-state index in [0.29, 0.717) is 40.6 Å². The minimum Gasteiger partial charge on any atom is -0.494 e. The number of para-hydroxylation sites is 1. The highest BCUT2D eigenvalue weighted by atomic mass is 16.7. The van der Waals surface area contributed by atoms with Crippen LogP contribution in [0.3, 0.4) is 0 Å². The SMILES string of the molecule is CCOc1ccc(N2C(=O)[C@H]3[C@H](ON(c4ccccc4)[C@H]3c3ccc(OC(=O)c4ccccc4)c(OC)c3)C2=O)cc1. The van der Waals surface area contributed by atoms with Gasteiger partial charge in [0.15, 0.2) is 17.6 Å². The Bertz CT molecular complexity index is 1610. The summed E-state index contributed by atoms with van der Waals surface area (Å²) in [5.74, 6) is -1.03. The number of hydrogen-bond donors (Lipinski definition) is 0. The molecule has 2 fully saturated rings. The first-order valence-corrected chi connectivity index (χ1v) is 13.6. The Morgan fingerprint density at radius 3 is 2.17 bits per heavy atom. The molecule has 2 amide bonds. The van der Waals surface area contributed by atoms with Crippen molar-refractivity contribution in [1.82, 2.24) is 0 Å². The number of methoxy groups -OCH3 is 1. The summed E-state index contributed by atoms with van der Waals surface area (Å²) in [6.45, 7) is 2.39. The molecule has 0 aromatic heterocycles. The van der Waals surface area contributed by atoms with Gasteiger partial charge >= 0.3 is 5.97 Å². The molecule has 42 heavy (non-hydrogen) atoms. The lowest BCUT2D eigenvalue weighted by atomic mass is 9.90. The van der Waals surface area contributed by atoms with Crippen molar-refractivity contribution in [1.29, 1.82) is 0 Å². The third-order valence-corrected chi connectivity index (χ3v) is 7.27. The van der Waals surface area contributed by atoms with E-state index in [9.17, 15) is 14.4 Å².